The van der Waals surface area contributed by atoms with Crippen LogP contribution in [-0.2, 0) is 23.2 Å². The highest BCUT2D eigenvalue weighted by molar-refractivity contribution is 5.59. The molecular weight excluding hydrogens is 302 g/mol. The van der Waals surface area contributed by atoms with Gasteiger partial charge in [0.1, 0.15) is 18.0 Å². The number of aliphatic hydroxyl groups excluding tert-OH is 1. The standard InChI is InChI=1S/C20H25NO3/c1-3-23-16-7-6-14-15-10-12-4-5-13(11-22)18-17(12)20(14,19(16)24-18)8-9-21(15)2/h4-7,14-16,19,22H,3,8-11H2,1-2H3/t14?,15?,16-,19-,20-/m0/s1. The van der Waals surface area contributed by atoms with Gasteiger partial charge in [0.15, 0.2) is 0 Å². The summed E-state index contributed by atoms with van der Waals surface area (Å²) < 4.78 is 12.6. The third kappa shape index (κ3) is 1.64. The summed E-state index contributed by atoms with van der Waals surface area (Å²) >= 11 is 0. The number of piperidine rings is 1. The summed E-state index contributed by atoms with van der Waals surface area (Å²) in [7, 11) is 2.25. The average molecular weight is 327 g/mol. The second kappa shape index (κ2) is 5.07. The Kier molecular flexibility index (Phi) is 3.16. The number of hydrogen-bond donors (Lipinski definition) is 1. The smallest absolute Gasteiger partial charge is 0.139 e. The maximum Gasteiger partial charge on any atom is 0.139 e. The Labute approximate surface area is 143 Å². The van der Waals surface area contributed by atoms with Gasteiger partial charge in [-0.05, 0) is 38.9 Å². The molecule has 1 fully saturated rings. The third-order valence-corrected chi connectivity index (χ3v) is 6.76. The number of likely N-dealkylation sites (tertiary alicyclic amines) is 1. The number of hydrogen-bond acceptors (Lipinski definition) is 4. The summed E-state index contributed by atoms with van der Waals surface area (Å²) in [5.41, 5.74) is 3.72. The van der Waals surface area contributed by atoms with Crippen molar-refractivity contribution in [2.45, 2.75) is 50.0 Å². The van der Waals surface area contributed by atoms with Gasteiger partial charge < -0.3 is 19.5 Å². The van der Waals surface area contributed by atoms with E-state index in [0.717, 1.165) is 30.7 Å². The average Bonchev–Trinajstić information content (AvgIpc) is 2.94. The van der Waals surface area contributed by atoms with Gasteiger partial charge in [0.2, 0.25) is 0 Å². The lowest BCUT2D eigenvalue weighted by molar-refractivity contribution is -0.0681. The number of benzene rings is 1. The second-order valence-corrected chi connectivity index (χ2v) is 7.66. The highest BCUT2D eigenvalue weighted by atomic mass is 16.5. The first kappa shape index (κ1) is 14.9. The molecule has 1 spiro atoms. The van der Waals surface area contributed by atoms with E-state index in [4.69, 9.17) is 9.47 Å². The van der Waals surface area contributed by atoms with Crippen molar-refractivity contribution in [3.05, 3.63) is 41.0 Å². The number of aliphatic hydroxyl groups is 1. The third-order valence-electron chi connectivity index (χ3n) is 6.76. The van der Waals surface area contributed by atoms with E-state index in [-0.39, 0.29) is 24.2 Å². The lowest BCUT2D eigenvalue weighted by Crippen LogP contribution is -2.65. The molecule has 2 heterocycles. The van der Waals surface area contributed by atoms with Crippen LogP contribution in [0.3, 0.4) is 0 Å². The topological polar surface area (TPSA) is 41.9 Å². The van der Waals surface area contributed by atoms with Gasteiger partial charge in [0.25, 0.3) is 0 Å². The van der Waals surface area contributed by atoms with E-state index in [1.54, 1.807) is 0 Å². The summed E-state index contributed by atoms with van der Waals surface area (Å²) in [4.78, 5) is 2.51. The maximum atomic E-state index is 9.81. The molecule has 4 nitrogen and oxygen atoms in total. The van der Waals surface area contributed by atoms with Crippen molar-refractivity contribution in [1.82, 2.24) is 4.90 Å². The number of likely N-dealkylation sites (N-methyl/N-ethyl adjacent to an activating group) is 1. The Morgan fingerprint density at radius 3 is 3.04 bits per heavy atom. The highest BCUT2D eigenvalue weighted by Crippen LogP contribution is 2.61. The monoisotopic (exact) mass is 327 g/mol. The molecule has 24 heavy (non-hydrogen) atoms. The first-order valence-electron chi connectivity index (χ1n) is 9.13. The molecule has 0 saturated carbocycles. The van der Waals surface area contributed by atoms with Gasteiger partial charge in [0.05, 0.1) is 6.61 Å². The Morgan fingerprint density at radius 1 is 1.38 bits per heavy atom. The van der Waals surface area contributed by atoms with Crippen LogP contribution in [-0.4, -0.2) is 48.5 Å². The molecule has 4 heteroatoms. The zero-order valence-electron chi connectivity index (χ0n) is 14.4. The molecule has 0 amide bonds. The minimum atomic E-state index is 0.000184. The van der Waals surface area contributed by atoms with Crippen LogP contribution in [0.15, 0.2) is 24.3 Å². The molecule has 5 rings (SSSR count). The fourth-order valence-electron chi connectivity index (χ4n) is 5.75. The van der Waals surface area contributed by atoms with Crippen LogP contribution in [0.1, 0.15) is 30.0 Å². The summed E-state index contributed by atoms with van der Waals surface area (Å²) in [6.07, 6.45) is 6.81. The van der Waals surface area contributed by atoms with E-state index in [1.807, 2.05) is 13.0 Å². The quantitative estimate of drug-likeness (QED) is 0.863. The van der Waals surface area contributed by atoms with Crippen LogP contribution in [0.4, 0.5) is 0 Å². The van der Waals surface area contributed by atoms with Gasteiger partial charge >= 0.3 is 0 Å². The molecule has 5 atom stereocenters. The fourth-order valence-corrected chi connectivity index (χ4v) is 5.75. The molecule has 1 aromatic carbocycles. The van der Waals surface area contributed by atoms with E-state index in [0.29, 0.717) is 18.6 Å². The molecule has 1 aromatic rings. The summed E-state index contributed by atoms with van der Waals surface area (Å²) in [6.45, 7) is 3.86. The summed E-state index contributed by atoms with van der Waals surface area (Å²) in [5, 5.41) is 9.81. The summed E-state index contributed by atoms with van der Waals surface area (Å²) in [6, 6.07) is 4.79. The van der Waals surface area contributed by atoms with Crippen LogP contribution in [0, 0.1) is 5.92 Å². The van der Waals surface area contributed by atoms with Crippen LogP contribution < -0.4 is 4.74 Å². The minimum Gasteiger partial charge on any atom is -0.486 e. The largest absolute Gasteiger partial charge is 0.486 e. The van der Waals surface area contributed by atoms with E-state index < -0.39 is 0 Å². The van der Waals surface area contributed by atoms with E-state index in [2.05, 4.69) is 30.2 Å². The molecule has 128 valence electrons. The van der Waals surface area contributed by atoms with Gasteiger partial charge in [-0.1, -0.05) is 24.3 Å². The predicted molar refractivity (Wildman–Crippen MR) is 91.2 cm³/mol. The molecular formula is C20H25NO3. The molecule has 2 aliphatic heterocycles. The van der Waals surface area contributed by atoms with Crippen molar-refractivity contribution in [3.63, 3.8) is 0 Å². The molecule has 1 saturated heterocycles. The van der Waals surface area contributed by atoms with Crippen LogP contribution in [0.25, 0.3) is 0 Å². The highest BCUT2D eigenvalue weighted by Gasteiger charge is 2.64. The van der Waals surface area contributed by atoms with Crippen molar-refractivity contribution in [2.75, 3.05) is 20.2 Å². The van der Waals surface area contributed by atoms with Crippen molar-refractivity contribution < 1.29 is 14.6 Å². The molecule has 2 bridgehead atoms. The van der Waals surface area contributed by atoms with Gasteiger partial charge in [-0.25, -0.2) is 0 Å². The first-order valence-corrected chi connectivity index (χ1v) is 9.13. The number of nitrogens with zero attached hydrogens (tertiary/aromatic N) is 1. The number of rotatable bonds is 3. The molecule has 0 aromatic heterocycles. The van der Waals surface area contributed by atoms with Gasteiger partial charge in [0, 0.05) is 35.1 Å². The van der Waals surface area contributed by atoms with E-state index >= 15 is 0 Å². The molecule has 2 aliphatic carbocycles. The lowest BCUT2D eigenvalue weighted by Gasteiger charge is -2.56. The normalized spacial score (nSPS) is 38.8. The van der Waals surface area contributed by atoms with Crippen molar-refractivity contribution in [3.8, 4) is 5.75 Å². The lowest BCUT2D eigenvalue weighted by atomic mass is 9.53. The fraction of sp³-hybridized carbons (Fsp3) is 0.600. The van der Waals surface area contributed by atoms with Gasteiger partial charge in [-0.15, -0.1) is 0 Å². The van der Waals surface area contributed by atoms with Crippen LogP contribution in [0.2, 0.25) is 0 Å². The summed E-state index contributed by atoms with van der Waals surface area (Å²) in [5.74, 6) is 1.42. The van der Waals surface area contributed by atoms with Crippen molar-refractivity contribution in [1.29, 1.82) is 0 Å². The first-order chi connectivity index (χ1) is 11.7. The van der Waals surface area contributed by atoms with Gasteiger partial charge in [-0.3, -0.25) is 0 Å². The zero-order chi connectivity index (χ0) is 16.5. The number of ether oxygens (including phenoxy) is 2. The maximum absolute atomic E-state index is 9.81. The Hall–Kier alpha value is -1.36. The van der Waals surface area contributed by atoms with Gasteiger partial charge in [-0.2, -0.15) is 0 Å². The molecule has 4 aliphatic rings. The van der Waals surface area contributed by atoms with Crippen molar-refractivity contribution >= 4 is 0 Å². The Balaban J connectivity index is 1.76. The SMILES string of the molecule is CCO[C@H]1C=CC2C3Cc4ccc(CO)c5c4[C@@]2(CCN3C)[C@H]1O5. The predicted octanol–water partition coefficient (Wildman–Crippen LogP) is 2.03. The van der Waals surface area contributed by atoms with Crippen molar-refractivity contribution in [2.24, 2.45) is 5.92 Å². The second-order valence-electron chi connectivity index (χ2n) is 7.66. The molecule has 0 radical (unpaired) electrons. The molecule has 2 unspecified atom stereocenters. The van der Waals surface area contributed by atoms with Crippen LogP contribution >= 0.6 is 0 Å². The zero-order valence-corrected chi connectivity index (χ0v) is 14.4. The minimum absolute atomic E-state index is 0.000184. The van der Waals surface area contributed by atoms with E-state index in [9.17, 15) is 5.11 Å². The Morgan fingerprint density at radius 2 is 2.25 bits per heavy atom. The van der Waals surface area contributed by atoms with Crippen LogP contribution in [0.5, 0.6) is 5.75 Å². The Bertz CT molecular complexity index is 715. The van der Waals surface area contributed by atoms with E-state index in [1.165, 1.54) is 11.1 Å². The molecule has 1 N–H and O–H groups in total.